The highest BCUT2D eigenvalue weighted by Crippen LogP contribution is 2.20. The molecule has 0 radical (unpaired) electrons. The molecule has 1 saturated heterocycles. The fourth-order valence-electron chi connectivity index (χ4n) is 1.85. The molecule has 0 atom stereocenters. The number of hydrogen-bond donors (Lipinski definition) is 0. The van der Waals surface area contributed by atoms with Crippen molar-refractivity contribution >= 4 is 28.8 Å². The molecule has 0 saturated carbocycles. The lowest BCUT2D eigenvalue weighted by atomic mass is 10.1. The minimum Gasteiger partial charge on any atom is -0.471 e. The smallest absolute Gasteiger partial charge is 0.254 e. The lowest BCUT2D eigenvalue weighted by Crippen LogP contribution is -2.56. The van der Waals surface area contributed by atoms with Crippen LogP contribution in [0.1, 0.15) is 10.4 Å². The van der Waals surface area contributed by atoms with Crippen molar-refractivity contribution < 1.29 is 9.53 Å². The molecule has 0 unspecified atom stereocenters. The molecular formula is C13H11ClN2O2S. The second kappa shape index (κ2) is 5.19. The van der Waals surface area contributed by atoms with Crippen LogP contribution in [0, 0.1) is 0 Å². The van der Waals surface area contributed by atoms with E-state index >= 15 is 0 Å². The Bertz CT molecular complexity index is 565. The maximum Gasteiger partial charge on any atom is 0.254 e. The molecule has 1 amide bonds. The maximum absolute atomic E-state index is 12.0. The number of amides is 1. The second-order valence-electron chi connectivity index (χ2n) is 4.28. The van der Waals surface area contributed by atoms with E-state index in [4.69, 9.17) is 16.3 Å². The predicted octanol–water partition coefficient (Wildman–Crippen LogP) is 2.70. The van der Waals surface area contributed by atoms with Crippen molar-refractivity contribution in [2.24, 2.45) is 0 Å². The van der Waals surface area contributed by atoms with E-state index < -0.39 is 0 Å². The van der Waals surface area contributed by atoms with Gasteiger partial charge in [-0.05, 0) is 17.5 Å². The van der Waals surface area contributed by atoms with Crippen LogP contribution in [0.2, 0.25) is 5.02 Å². The van der Waals surface area contributed by atoms with Crippen molar-refractivity contribution in [3.63, 3.8) is 0 Å². The number of rotatable bonds is 3. The number of ether oxygens (including phenoxy) is 1. The number of likely N-dealkylation sites (tertiary alicyclic amines) is 1. The SMILES string of the molecule is O=C(c1ccsc1)N1CC(Oc2ccc(Cl)cn2)C1. The Kier molecular flexibility index (Phi) is 3.40. The van der Waals surface area contributed by atoms with Gasteiger partial charge in [0.05, 0.1) is 23.7 Å². The summed E-state index contributed by atoms with van der Waals surface area (Å²) in [6, 6.07) is 5.30. The number of pyridine rings is 1. The molecule has 0 spiro atoms. The van der Waals surface area contributed by atoms with Gasteiger partial charge < -0.3 is 9.64 Å². The molecular weight excluding hydrogens is 284 g/mol. The van der Waals surface area contributed by atoms with Gasteiger partial charge in [0.15, 0.2) is 0 Å². The Morgan fingerprint density at radius 3 is 2.89 bits per heavy atom. The zero-order valence-corrected chi connectivity index (χ0v) is 11.5. The Morgan fingerprint density at radius 2 is 2.26 bits per heavy atom. The van der Waals surface area contributed by atoms with Crippen molar-refractivity contribution in [2.75, 3.05) is 13.1 Å². The Hall–Kier alpha value is -1.59. The molecule has 1 fully saturated rings. The van der Waals surface area contributed by atoms with Crippen LogP contribution < -0.4 is 4.74 Å². The van der Waals surface area contributed by atoms with Crippen LogP contribution in [0.3, 0.4) is 0 Å². The van der Waals surface area contributed by atoms with Gasteiger partial charge in [0, 0.05) is 17.6 Å². The van der Waals surface area contributed by atoms with E-state index in [0.29, 0.717) is 24.0 Å². The first-order valence-corrected chi connectivity index (χ1v) is 7.14. The minimum atomic E-state index is 0.0104. The first kappa shape index (κ1) is 12.4. The summed E-state index contributed by atoms with van der Waals surface area (Å²) in [6.45, 7) is 1.19. The molecule has 6 heteroatoms. The molecule has 0 N–H and O–H groups in total. The molecule has 2 aromatic heterocycles. The summed E-state index contributed by atoms with van der Waals surface area (Å²) in [5, 5.41) is 4.34. The summed E-state index contributed by atoms with van der Waals surface area (Å²) >= 11 is 7.27. The average Bonchev–Trinajstić information content (AvgIpc) is 2.88. The van der Waals surface area contributed by atoms with Gasteiger partial charge in [-0.15, -0.1) is 0 Å². The van der Waals surface area contributed by atoms with Gasteiger partial charge in [0.2, 0.25) is 5.88 Å². The van der Waals surface area contributed by atoms with Gasteiger partial charge in [0.1, 0.15) is 6.10 Å². The van der Waals surface area contributed by atoms with Crippen molar-refractivity contribution in [3.8, 4) is 5.88 Å². The van der Waals surface area contributed by atoms with Crippen molar-refractivity contribution in [3.05, 3.63) is 45.7 Å². The first-order chi connectivity index (χ1) is 9.22. The summed E-state index contributed by atoms with van der Waals surface area (Å²) in [5.74, 6) is 0.599. The molecule has 19 heavy (non-hydrogen) atoms. The third-order valence-electron chi connectivity index (χ3n) is 2.89. The van der Waals surface area contributed by atoms with Gasteiger partial charge in [-0.2, -0.15) is 11.3 Å². The predicted molar refractivity (Wildman–Crippen MR) is 73.9 cm³/mol. The van der Waals surface area contributed by atoms with E-state index in [-0.39, 0.29) is 12.0 Å². The lowest BCUT2D eigenvalue weighted by Gasteiger charge is -2.38. The van der Waals surface area contributed by atoms with Gasteiger partial charge in [-0.1, -0.05) is 11.6 Å². The van der Waals surface area contributed by atoms with E-state index in [1.807, 2.05) is 16.8 Å². The second-order valence-corrected chi connectivity index (χ2v) is 5.49. The standard InChI is InChI=1S/C13H11ClN2O2S/c14-10-1-2-12(15-5-10)18-11-6-16(7-11)13(17)9-3-4-19-8-9/h1-5,8,11H,6-7H2. The van der Waals surface area contributed by atoms with Crippen LogP contribution >= 0.6 is 22.9 Å². The number of carbonyl (C=O) groups excluding carboxylic acids is 1. The van der Waals surface area contributed by atoms with Crippen LogP contribution in [0.15, 0.2) is 35.2 Å². The Labute approximate surface area is 119 Å². The highest BCUT2D eigenvalue weighted by Gasteiger charge is 2.33. The van der Waals surface area contributed by atoms with Gasteiger partial charge in [-0.3, -0.25) is 4.79 Å². The molecule has 98 valence electrons. The molecule has 3 heterocycles. The third-order valence-corrected chi connectivity index (χ3v) is 3.80. The molecule has 4 nitrogen and oxygen atoms in total. The van der Waals surface area contributed by atoms with Crippen LogP contribution in [0.5, 0.6) is 5.88 Å². The van der Waals surface area contributed by atoms with E-state index in [0.717, 1.165) is 5.56 Å². The summed E-state index contributed by atoms with van der Waals surface area (Å²) in [4.78, 5) is 17.8. The van der Waals surface area contributed by atoms with E-state index in [1.54, 1.807) is 23.2 Å². The number of hydrogen-bond acceptors (Lipinski definition) is 4. The van der Waals surface area contributed by atoms with Gasteiger partial charge in [-0.25, -0.2) is 4.98 Å². The normalized spacial score (nSPS) is 15.1. The van der Waals surface area contributed by atoms with Gasteiger partial charge >= 0.3 is 0 Å². The molecule has 0 aromatic carbocycles. The Balaban J connectivity index is 1.53. The Morgan fingerprint density at radius 1 is 1.42 bits per heavy atom. The fourth-order valence-corrected chi connectivity index (χ4v) is 2.59. The third kappa shape index (κ3) is 2.72. The molecule has 3 rings (SSSR count). The number of nitrogens with zero attached hydrogens (tertiary/aromatic N) is 2. The molecule has 1 aliphatic rings. The van der Waals surface area contributed by atoms with E-state index in [9.17, 15) is 4.79 Å². The molecule has 0 bridgehead atoms. The maximum atomic E-state index is 12.0. The number of aromatic nitrogens is 1. The van der Waals surface area contributed by atoms with E-state index in [2.05, 4.69) is 4.98 Å². The van der Waals surface area contributed by atoms with Crippen LogP contribution in [-0.4, -0.2) is 35.0 Å². The zero-order chi connectivity index (χ0) is 13.2. The van der Waals surface area contributed by atoms with Gasteiger partial charge in [0.25, 0.3) is 5.91 Å². The van der Waals surface area contributed by atoms with Crippen LogP contribution in [-0.2, 0) is 0 Å². The summed E-state index contributed by atoms with van der Waals surface area (Å²) < 4.78 is 5.64. The van der Waals surface area contributed by atoms with Crippen molar-refractivity contribution in [1.29, 1.82) is 0 Å². The highest BCUT2D eigenvalue weighted by atomic mass is 35.5. The van der Waals surface area contributed by atoms with Crippen molar-refractivity contribution in [1.82, 2.24) is 9.88 Å². The number of thiophene rings is 1. The lowest BCUT2D eigenvalue weighted by molar-refractivity contribution is 0.0160. The number of carbonyl (C=O) groups is 1. The zero-order valence-electron chi connectivity index (χ0n) is 9.95. The fraction of sp³-hybridized carbons (Fsp3) is 0.231. The first-order valence-electron chi connectivity index (χ1n) is 5.82. The molecule has 2 aromatic rings. The van der Waals surface area contributed by atoms with E-state index in [1.165, 1.54) is 11.3 Å². The van der Waals surface area contributed by atoms with Crippen LogP contribution in [0.4, 0.5) is 0 Å². The van der Waals surface area contributed by atoms with Crippen LogP contribution in [0.25, 0.3) is 0 Å². The number of halogens is 1. The molecule has 1 aliphatic heterocycles. The summed E-state index contributed by atoms with van der Waals surface area (Å²) in [6.07, 6.45) is 1.56. The topological polar surface area (TPSA) is 42.4 Å². The minimum absolute atomic E-state index is 0.0104. The molecule has 0 aliphatic carbocycles. The summed E-state index contributed by atoms with van der Waals surface area (Å²) in [7, 11) is 0. The quantitative estimate of drug-likeness (QED) is 0.874. The largest absolute Gasteiger partial charge is 0.471 e. The highest BCUT2D eigenvalue weighted by molar-refractivity contribution is 7.08. The monoisotopic (exact) mass is 294 g/mol. The van der Waals surface area contributed by atoms with Crippen molar-refractivity contribution in [2.45, 2.75) is 6.10 Å². The summed E-state index contributed by atoms with van der Waals surface area (Å²) in [5.41, 5.74) is 0.744. The average molecular weight is 295 g/mol.